The normalized spacial score (nSPS) is 11.7. The maximum Gasteiger partial charge on any atom is 0.0794 e. The van der Waals surface area contributed by atoms with Crippen LogP contribution in [0.1, 0.15) is 0 Å². The zero-order valence-corrected chi connectivity index (χ0v) is 27.4. The lowest BCUT2D eigenvalue weighted by Gasteiger charge is -2.12. The summed E-state index contributed by atoms with van der Waals surface area (Å²) in [5, 5.41) is 8.74. The predicted octanol–water partition coefficient (Wildman–Crippen LogP) is 13.6. The van der Waals surface area contributed by atoms with Gasteiger partial charge in [-0.15, -0.1) is 11.3 Å². The second kappa shape index (κ2) is 11.3. The number of thiophene rings is 1. The fourth-order valence-corrected chi connectivity index (χ4v) is 8.89. The Labute approximate surface area is 288 Å². The molecule has 0 aliphatic heterocycles. The van der Waals surface area contributed by atoms with Crippen LogP contribution in [-0.2, 0) is 0 Å². The van der Waals surface area contributed by atoms with Crippen molar-refractivity contribution in [2.45, 2.75) is 0 Å². The molecule has 0 aliphatic rings. The molecule has 0 amide bonds. The first-order valence-electron chi connectivity index (χ1n) is 16.7. The van der Waals surface area contributed by atoms with Crippen LogP contribution in [0.2, 0.25) is 0 Å². The molecular formula is C47H29NS. The Morgan fingerprint density at radius 3 is 1.47 bits per heavy atom. The van der Waals surface area contributed by atoms with Gasteiger partial charge in [0.25, 0.3) is 0 Å². The molecule has 0 saturated heterocycles. The standard InChI is InChI=1S/C47H29NS/c1-2-11-30(12-3-1)31-23-25-32(26-24-31)35-19-9-21-42-43-22-10-20-36(47(43)49-46(35)42)33-13-8-14-34(29-33)44-28-27-41-39-17-5-4-15-37(39)38-16-6-7-18-40(38)45(41)48-44/h1-29H. The lowest BCUT2D eigenvalue weighted by atomic mass is 9.96. The van der Waals surface area contributed by atoms with Gasteiger partial charge in [0, 0.05) is 36.5 Å². The molecule has 0 aliphatic carbocycles. The van der Waals surface area contributed by atoms with Gasteiger partial charge in [0.1, 0.15) is 0 Å². The number of nitrogens with zero attached hydrogens (tertiary/aromatic N) is 1. The van der Waals surface area contributed by atoms with E-state index in [-0.39, 0.29) is 0 Å². The minimum absolute atomic E-state index is 0.986. The zero-order chi connectivity index (χ0) is 32.3. The largest absolute Gasteiger partial charge is 0.247 e. The first-order valence-corrected chi connectivity index (χ1v) is 17.5. The molecule has 2 heteroatoms. The number of hydrogen-bond acceptors (Lipinski definition) is 2. The first-order chi connectivity index (χ1) is 24.3. The minimum Gasteiger partial charge on any atom is -0.247 e. The predicted molar refractivity (Wildman–Crippen MR) is 211 cm³/mol. The average Bonchev–Trinajstić information content (AvgIpc) is 3.58. The second-order valence-corrected chi connectivity index (χ2v) is 13.7. The van der Waals surface area contributed by atoms with Gasteiger partial charge < -0.3 is 0 Å². The molecule has 1 nitrogen and oxygen atoms in total. The summed E-state index contributed by atoms with van der Waals surface area (Å²) in [6, 6.07) is 63.6. The van der Waals surface area contributed by atoms with E-state index in [4.69, 9.17) is 4.98 Å². The summed E-state index contributed by atoms with van der Waals surface area (Å²) in [5.74, 6) is 0. The second-order valence-electron chi connectivity index (χ2n) is 12.7. The maximum absolute atomic E-state index is 5.33. The van der Waals surface area contributed by atoms with Crippen molar-refractivity contribution < 1.29 is 0 Å². The molecular weight excluding hydrogens is 611 g/mol. The number of rotatable bonds is 4. The van der Waals surface area contributed by atoms with Gasteiger partial charge in [-0.05, 0) is 67.7 Å². The third-order valence-corrected chi connectivity index (χ3v) is 11.2. The summed E-state index contributed by atoms with van der Waals surface area (Å²) < 4.78 is 2.64. The van der Waals surface area contributed by atoms with Gasteiger partial charge in [0.2, 0.25) is 0 Å². The number of aromatic nitrogens is 1. The average molecular weight is 640 g/mol. The third kappa shape index (κ3) is 4.57. The Morgan fingerprint density at radius 2 is 0.776 bits per heavy atom. The fourth-order valence-electron chi connectivity index (χ4n) is 7.51. The number of pyridine rings is 1. The molecule has 49 heavy (non-hydrogen) atoms. The van der Waals surface area contributed by atoms with Gasteiger partial charge in [0.15, 0.2) is 0 Å². The number of benzene rings is 8. The lowest BCUT2D eigenvalue weighted by molar-refractivity contribution is 1.41. The minimum atomic E-state index is 0.986. The van der Waals surface area contributed by atoms with E-state index in [2.05, 4.69) is 176 Å². The fraction of sp³-hybridized carbons (Fsp3) is 0. The Kier molecular flexibility index (Phi) is 6.43. The van der Waals surface area contributed by atoms with Crippen LogP contribution in [-0.4, -0.2) is 4.98 Å². The van der Waals surface area contributed by atoms with E-state index < -0.39 is 0 Å². The van der Waals surface area contributed by atoms with Crippen molar-refractivity contribution in [3.8, 4) is 44.6 Å². The van der Waals surface area contributed by atoms with E-state index in [0.717, 1.165) is 16.8 Å². The van der Waals surface area contributed by atoms with Crippen LogP contribution in [0, 0.1) is 0 Å². The van der Waals surface area contributed by atoms with Crippen molar-refractivity contribution in [1.82, 2.24) is 4.98 Å². The summed E-state index contributed by atoms with van der Waals surface area (Å²) in [6.07, 6.45) is 0. The SMILES string of the molecule is c1ccc(-c2ccc(-c3cccc4c3sc3c(-c5cccc(-c6ccc7c8ccccc8c8ccccc8c7n6)c5)cccc34)cc2)cc1. The van der Waals surface area contributed by atoms with Gasteiger partial charge in [-0.3, -0.25) is 0 Å². The van der Waals surface area contributed by atoms with Crippen LogP contribution in [0.5, 0.6) is 0 Å². The highest BCUT2D eigenvalue weighted by Gasteiger charge is 2.15. The molecule has 8 aromatic carbocycles. The number of fused-ring (bicyclic) bond motifs is 9. The van der Waals surface area contributed by atoms with Crippen LogP contribution < -0.4 is 0 Å². The van der Waals surface area contributed by atoms with Crippen molar-refractivity contribution in [1.29, 1.82) is 0 Å². The lowest BCUT2D eigenvalue weighted by Crippen LogP contribution is -1.90. The topological polar surface area (TPSA) is 12.9 Å². The molecule has 0 spiro atoms. The summed E-state index contributed by atoms with van der Waals surface area (Å²) >= 11 is 1.90. The van der Waals surface area contributed by atoms with E-state index >= 15 is 0 Å². The molecule has 0 bridgehead atoms. The summed E-state index contributed by atoms with van der Waals surface area (Å²) in [6.45, 7) is 0. The van der Waals surface area contributed by atoms with Crippen LogP contribution in [0.15, 0.2) is 176 Å². The Morgan fingerprint density at radius 1 is 0.306 bits per heavy atom. The van der Waals surface area contributed by atoms with Gasteiger partial charge in [-0.2, -0.15) is 0 Å². The highest BCUT2D eigenvalue weighted by molar-refractivity contribution is 7.26. The van der Waals surface area contributed by atoms with Crippen molar-refractivity contribution in [3.05, 3.63) is 176 Å². The molecule has 10 rings (SSSR count). The Bertz CT molecular complexity index is 2830. The van der Waals surface area contributed by atoms with Crippen LogP contribution >= 0.6 is 11.3 Å². The van der Waals surface area contributed by atoms with Crippen LogP contribution in [0.3, 0.4) is 0 Å². The maximum atomic E-state index is 5.33. The van der Waals surface area contributed by atoms with Gasteiger partial charge in [0.05, 0.1) is 11.2 Å². The van der Waals surface area contributed by atoms with Crippen molar-refractivity contribution >= 4 is 64.0 Å². The third-order valence-electron chi connectivity index (χ3n) is 9.88. The summed E-state index contributed by atoms with van der Waals surface area (Å²) in [5.41, 5.74) is 10.6. The molecule has 0 fully saturated rings. The van der Waals surface area contributed by atoms with Gasteiger partial charge >= 0.3 is 0 Å². The van der Waals surface area contributed by atoms with Crippen molar-refractivity contribution in [3.63, 3.8) is 0 Å². The molecule has 0 radical (unpaired) electrons. The molecule has 2 aromatic heterocycles. The van der Waals surface area contributed by atoms with Gasteiger partial charge in [-0.1, -0.05) is 158 Å². The Hall–Kier alpha value is -6.09. The van der Waals surface area contributed by atoms with E-state index in [1.807, 2.05) is 11.3 Å². The molecule has 10 aromatic rings. The highest BCUT2D eigenvalue weighted by atomic mass is 32.1. The highest BCUT2D eigenvalue weighted by Crippen LogP contribution is 2.44. The molecule has 228 valence electrons. The molecule has 2 heterocycles. The quantitative estimate of drug-likeness (QED) is 0.175. The molecule has 0 N–H and O–H groups in total. The van der Waals surface area contributed by atoms with E-state index in [1.54, 1.807) is 0 Å². The van der Waals surface area contributed by atoms with Crippen LogP contribution in [0.4, 0.5) is 0 Å². The monoisotopic (exact) mass is 639 g/mol. The van der Waals surface area contributed by atoms with Crippen molar-refractivity contribution in [2.75, 3.05) is 0 Å². The first kappa shape index (κ1) is 28.0. The van der Waals surface area contributed by atoms with Crippen molar-refractivity contribution in [2.24, 2.45) is 0 Å². The molecule has 0 unspecified atom stereocenters. The summed E-state index contributed by atoms with van der Waals surface area (Å²) in [7, 11) is 0. The van der Waals surface area contributed by atoms with E-state index in [9.17, 15) is 0 Å². The van der Waals surface area contributed by atoms with Crippen LogP contribution in [0.25, 0.3) is 97.3 Å². The molecule has 0 saturated carbocycles. The van der Waals surface area contributed by atoms with Gasteiger partial charge in [-0.25, -0.2) is 4.98 Å². The van der Waals surface area contributed by atoms with E-state index in [1.165, 1.54) is 80.5 Å². The zero-order valence-electron chi connectivity index (χ0n) is 26.6. The molecule has 0 atom stereocenters. The number of hydrogen-bond donors (Lipinski definition) is 0. The summed E-state index contributed by atoms with van der Waals surface area (Å²) in [4.78, 5) is 5.33. The Balaban J connectivity index is 1.09. The smallest absolute Gasteiger partial charge is 0.0794 e. The van der Waals surface area contributed by atoms with E-state index in [0.29, 0.717) is 0 Å².